The van der Waals surface area contributed by atoms with E-state index in [1.165, 1.54) is 0 Å². The van der Waals surface area contributed by atoms with Gasteiger partial charge in [0.25, 0.3) is 0 Å². The van der Waals surface area contributed by atoms with Gasteiger partial charge in [0, 0.05) is 24.5 Å². The van der Waals surface area contributed by atoms with E-state index in [0.717, 1.165) is 24.1 Å². The van der Waals surface area contributed by atoms with Crippen LogP contribution in [-0.4, -0.2) is 41.8 Å². The summed E-state index contributed by atoms with van der Waals surface area (Å²) in [7, 11) is 1.36. The quantitative estimate of drug-likeness (QED) is 0.765. The van der Waals surface area contributed by atoms with Crippen LogP contribution in [-0.2, 0) is 27.0 Å². The summed E-state index contributed by atoms with van der Waals surface area (Å²) in [6.45, 7) is 11.8. The largest absolute Gasteiger partial charge is 0.498 e. The van der Waals surface area contributed by atoms with E-state index >= 15 is 0 Å². The summed E-state index contributed by atoms with van der Waals surface area (Å²) in [6, 6.07) is 0. The fraction of sp³-hybridized carbons (Fsp3) is 0.786. The monoisotopic (exact) mass is 280 g/mol. The van der Waals surface area contributed by atoms with Gasteiger partial charge in [-0.1, -0.05) is 6.92 Å². The van der Waals surface area contributed by atoms with Crippen molar-refractivity contribution in [2.24, 2.45) is 0 Å². The van der Waals surface area contributed by atoms with E-state index in [1.54, 1.807) is 7.11 Å². The van der Waals surface area contributed by atoms with Gasteiger partial charge in [0.05, 0.1) is 24.4 Å². The summed E-state index contributed by atoms with van der Waals surface area (Å²) in [6.07, 6.45) is 2.75. The molecular formula is C14H25BN2O3. The van der Waals surface area contributed by atoms with Crippen molar-refractivity contribution in [1.29, 1.82) is 0 Å². The minimum absolute atomic E-state index is 0.322. The molecule has 0 radical (unpaired) electrons. The highest BCUT2D eigenvalue weighted by Gasteiger charge is 2.52. The lowest BCUT2D eigenvalue weighted by molar-refractivity contribution is 0.00578. The molecule has 1 aliphatic heterocycles. The molecule has 0 aliphatic carbocycles. The first-order valence-corrected chi connectivity index (χ1v) is 7.21. The molecule has 2 rings (SSSR count). The van der Waals surface area contributed by atoms with Gasteiger partial charge in [-0.3, -0.25) is 4.68 Å². The molecule has 0 aromatic carbocycles. The second-order valence-electron chi connectivity index (χ2n) is 6.20. The summed E-state index contributed by atoms with van der Waals surface area (Å²) in [4.78, 5) is 0. The van der Waals surface area contributed by atoms with Crippen molar-refractivity contribution in [2.45, 2.75) is 58.8 Å². The molecule has 0 bridgehead atoms. The lowest BCUT2D eigenvalue weighted by Gasteiger charge is -2.32. The Balaban J connectivity index is 2.24. The molecule has 1 saturated heterocycles. The molecule has 0 amide bonds. The van der Waals surface area contributed by atoms with Crippen LogP contribution < -0.4 is 5.46 Å². The first-order chi connectivity index (χ1) is 9.32. The van der Waals surface area contributed by atoms with Crippen molar-refractivity contribution in [3.63, 3.8) is 0 Å². The zero-order valence-corrected chi connectivity index (χ0v) is 13.4. The van der Waals surface area contributed by atoms with Crippen LogP contribution >= 0.6 is 0 Å². The van der Waals surface area contributed by atoms with E-state index < -0.39 is 0 Å². The average Bonchev–Trinajstić information content (AvgIpc) is 2.85. The first-order valence-electron chi connectivity index (χ1n) is 7.21. The zero-order chi connectivity index (χ0) is 15.0. The number of aromatic nitrogens is 2. The highest BCUT2D eigenvalue weighted by atomic mass is 16.7. The minimum Gasteiger partial charge on any atom is -0.399 e. The molecule has 0 atom stereocenters. The molecular weight excluding hydrogens is 255 g/mol. The zero-order valence-electron chi connectivity index (χ0n) is 13.4. The first kappa shape index (κ1) is 15.5. The van der Waals surface area contributed by atoms with Gasteiger partial charge in [-0.25, -0.2) is 0 Å². The summed E-state index contributed by atoms with van der Waals surface area (Å²) < 4.78 is 19.3. The smallest absolute Gasteiger partial charge is 0.399 e. The van der Waals surface area contributed by atoms with Gasteiger partial charge < -0.3 is 14.0 Å². The molecule has 6 heteroatoms. The third kappa shape index (κ3) is 2.64. The molecule has 2 heterocycles. The summed E-state index contributed by atoms with van der Waals surface area (Å²) in [5.74, 6) is 0. The van der Waals surface area contributed by atoms with Crippen molar-refractivity contribution in [2.75, 3.05) is 13.7 Å². The standard InChI is InChI=1S/C14H25BN2O3/c1-7-12-11(10-16-17(12)8-9-18-6)15-19-13(2,3)14(4,5)20-15/h10H,7-9H2,1-6H3. The molecule has 1 aromatic rings. The van der Waals surface area contributed by atoms with Crippen LogP contribution in [0.15, 0.2) is 6.20 Å². The normalized spacial score (nSPS) is 20.6. The Morgan fingerprint density at radius 2 is 1.85 bits per heavy atom. The number of hydrogen-bond acceptors (Lipinski definition) is 4. The van der Waals surface area contributed by atoms with Gasteiger partial charge in [-0.05, 0) is 34.1 Å². The van der Waals surface area contributed by atoms with Crippen LogP contribution in [0.1, 0.15) is 40.3 Å². The third-order valence-electron chi connectivity index (χ3n) is 4.33. The maximum Gasteiger partial charge on any atom is 0.498 e. The van der Waals surface area contributed by atoms with Gasteiger partial charge >= 0.3 is 7.12 Å². The van der Waals surface area contributed by atoms with E-state index in [4.69, 9.17) is 14.0 Å². The average molecular weight is 280 g/mol. The van der Waals surface area contributed by atoms with Crippen molar-refractivity contribution in [3.05, 3.63) is 11.9 Å². The van der Waals surface area contributed by atoms with Gasteiger partial charge in [0.15, 0.2) is 0 Å². The maximum absolute atomic E-state index is 6.10. The minimum atomic E-state index is -0.341. The lowest BCUT2D eigenvalue weighted by Crippen LogP contribution is -2.41. The van der Waals surface area contributed by atoms with Crippen LogP contribution in [0.25, 0.3) is 0 Å². The Hall–Kier alpha value is -0.845. The van der Waals surface area contributed by atoms with E-state index in [0.29, 0.717) is 6.61 Å². The van der Waals surface area contributed by atoms with E-state index in [1.807, 2.05) is 10.9 Å². The summed E-state index contributed by atoms with van der Waals surface area (Å²) >= 11 is 0. The van der Waals surface area contributed by atoms with Gasteiger partial charge in [0.2, 0.25) is 0 Å². The Kier molecular flexibility index (Phi) is 4.28. The molecule has 0 spiro atoms. The fourth-order valence-corrected chi connectivity index (χ4v) is 2.35. The number of ether oxygens (including phenoxy) is 1. The molecule has 0 unspecified atom stereocenters. The van der Waals surface area contributed by atoms with E-state index in [9.17, 15) is 0 Å². The van der Waals surface area contributed by atoms with Crippen molar-refractivity contribution < 1.29 is 14.0 Å². The van der Waals surface area contributed by atoms with Crippen molar-refractivity contribution in [1.82, 2.24) is 9.78 Å². The number of rotatable bonds is 5. The molecule has 112 valence electrons. The summed E-state index contributed by atoms with van der Waals surface area (Å²) in [5.41, 5.74) is 1.54. The van der Waals surface area contributed by atoms with Crippen LogP contribution in [0.2, 0.25) is 0 Å². The molecule has 1 aliphatic rings. The topological polar surface area (TPSA) is 45.5 Å². The van der Waals surface area contributed by atoms with E-state index in [-0.39, 0.29) is 18.3 Å². The van der Waals surface area contributed by atoms with Gasteiger partial charge in [-0.15, -0.1) is 0 Å². The molecule has 0 N–H and O–H groups in total. The molecule has 20 heavy (non-hydrogen) atoms. The number of nitrogens with zero attached hydrogens (tertiary/aromatic N) is 2. The van der Waals surface area contributed by atoms with Crippen LogP contribution in [0.3, 0.4) is 0 Å². The fourth-order valence-electron chi connectivity index (χ4n) is 2.35. The van der Waals surface area contributed by atoms with Crippen LogP contribution in [0.5, 0.6) is 0 Å². The molecule has 5 nitrogen and oxygen atoms in total. The molecule has 1 aromatic heterocycles. The number of methoxy groups -OCH3 is 1. The number of hydrogen-bond donors (Lipinski definition) is 0. The SMILES string of the molecule is CCc1c(B2OC(C)(C)C(C)(C)O2)cnn1CCOC. The second kappa shape index (κ2) is 5.50. The maximum atomic E-state index is 6.10. The lowest BCUT2D eigenvalue weighted by atomic mass is 9.79. The predicted molar refractivity (Wildman–Crippen MR) is 79.2 cm³/mol. The van der Waals surface area contributed by atoms with Gasteiger partial charge in [0.1, 0.15) is 0 Å². The second-order valence-corrected chi connectivity index (χ2v) is 6.20. The highest BCUT2D eigenvalue weighted by molar-refractivity contribution is 6.62. The van der Waals surface area contributed by atoms with Crippen molar-refractivity contribution in [3.8, 4) is 0 Å². The van der Waals surface area contributed by atoms with E-state index in [2.05, 4.69) is 39.7 Å². The Morgan fingerprint density at radius 1 is 1.25 bits per heavy atom. The van der Waals surface area contributed by atoms with Crippen molar-refractivity contribution >= 4 is 12.6 Å². The Labute approximate surface area is 121 Å². The predicted octanol–water partition coefficient (Wildman–Crippen LogP) is 1.39. The Bertz CT molecular complexity index is 455. The molecule has 1 fully saturated rings. The molecule has 0 saturated carbocycles. The van der Waals surface area contributed by atoms with Gasteiger partial charge in [-0.2, -0.15) is 5.10 Å². The highest BCUT2D eigenvalue weighted by Crippen LogP contribution is 2.36. The third-order valence-corrected chi connectivity index (χ3v) is 4.33. The van der Waals surface area contributed by atoms with Crippen LogP contribution in [0, 0.1) is 0 Å². The van der Waals surface area contributed by atoms with Crippen LogP contribution in [0.4, 0.5) is 0 Å². The Morgan fingerprint density at radius 3 is 2.35 bits per heavy atom. The summed E-state index contributed by atoms with van der Waals surface area (Å²) in [5, 5.41) is 4.44.